The Hall–Kier alpha value is -1.35. The summed E-state index contributed by atoms with van der Waals surface area (Å²) >= 11 is 1.56. The van der Waals surface area contributed by atoms with Crippen LogP contribution in [-0.4, -0.2) is 42.3 Å². The molecule has 1 aromatic heterocycles. The van der Waals surface area contributed by atoms with E-state index in [0.717, 1.165) is 16.9 Å². The van der Waals surface area contributed by atoms with Gasteiger partial charge in [0.15, 0.2) is 0 Å². The van der Waals surface area contributed by atoms with E-state index < -0.39 is 0 Å². The molecule has 2 rings (SSSR count). The molecular weight excluding hydrogens is 286 g/mol. The molecule has 0 spiro atoms. The standard InChI is InChI=1S/C16H21NO3S/c1-12-6-8-20-15(12)16(19)17(2)10-13-9-14(21-11-13)5-3-4-7-18/h9,11-12,15,18H,4,6-8,10H2,1-2H3. The van der Waals surface area contributed by atoms with Gasteiger partial charge in [-0.05, 0) is 29.3 Å². The van der Waals surface area contributed by atoms with Gasteiger partial charge in [-0.25, -0.2) is 0 Å². The van der Waals surface area contributed by atoms with Gasteiger partial charge >= 0.3 is 0 Å². The summed E-state index contributed by atoms with van der Waals surface area (Å²) in [6.45, 7) is 3.39. The normalized spacial score (nSPS) is 20.9. The summed E-state index contributed by atoms with van der Waals surface area (Å²) in [4.78, 5) is 15.0. The van der Waals surface area contributed by atoms with Crippen molar-refractivity contribution < 1.29 is 14.6 Å². The van der Waals surface area contributed by atoms with Gasteiger partial charge in [-0.2, -0.15) is 0 Å². The third-order valence-electron chi connectivity index (χ3n) is 3.53. The monoisotopic (exact) mass is 307 g/mol. The zero-order chi connectivity index (χ0) is 15.2. The van der Waals surface area contributed by atoms with E-state index in [1.54, 1.807) is 16.2 Å². The molecule has 114 valence electrons. The Labute approximate surface area is 129 Å². The van der Waals surface area contributed by atoms with Crippen molar-refractivity contribution in [2.45, 2.75) is 32.4 Å². The smallest absolute Gasteiger partial charge is 0.252 e. The highest BCUT2D eigenvalue weighted by Gasteiger charge is 2.32. The number of ether oxygens (including phenoxy) is 1. The van der Waals surface area contributed by atoms with Crippen molar-refractivity contribution in [1.82, 2.24) is 4.90 Å². The number of aliphatic hydroxyl groups is 1. The van der Waals surface area contributed by atoms with Crippen LogP contribution in [0, 0.1) is 17.8 Å². The molecule has 1 aliphatic rings. The average Bonchev–Trinajstić information content (AvgIpc) is 3.07. The van der Waals surface area contributed by atoms with Gasteiger partial charge in [0, 0.05) is 26.6 Å². The topological polar surface area (TPSA) is 49.8 Å². The predicted molar refractivity (Wildman–Crippen MR) is 82.9 cm³/mol. The lowest BCUT2D eigenvalue weighted by Gasteiger charge is -2.22. The average molecular weight is 307 g/mol. The molecule has 21 heavy (non-hydrogen) atoms. The number of rotatable bonds is 4. The Kier molecular flexibility index (Phi) is 5.80. The fourth-order valence-electron chi connectivity index (χ4n) is 2.31. The second kappa shape index (κ2) is 7.60. The molecular formula is C16H21NO3S. The summed E-state index contributed by atoms with van der Waals surface area (Å²) in [7, 11) is 1.81. The minimum absolute atomic E-state index is 0.0547. The number of hydrogen-bond acceptors (Lipinski definition) is 4. The Morgan fingerprint density at radius 3 is 3.10 bits per heavy atom. The van der Waals surface area contributed by atoms with Gasteiger partial charge in [-0.1, -0.05) is 18.8 Å². The van der Waals surface area contributed by atoms with Crippen molar-refractivity contribution in [3.8, 4) is 11.8 Å². The van der Waals surface area contributed by atoms with Crippen LogP contribution in [0.15, 0.2) is 11.4 Å². The third kappa shape index (κ3) is 4.31. The molecule has 1 saturated heterocycles. The lowest BCUT2D eigenvalue weighted by molar-refractivity contribution is -0.141. The molecule has 5 heteroatoms. The van der Waals surface area contributed by atoms with Crippen LogP contribution in [0.3, 0.4) is 0 Å². The van der Waals surface area contributed by atoms with E-state index in [1.807, 2.05) is 18.5 Å². The molecule has 0 radical (unpaired) electrons. The Bertz CT molecular complexity index is 543. The second-order valence-electron chi connectivity index (χ2n) is 5.35. The van der Waals surface area contributed by atoms with Crippen molar-refractivity contribution >= 4 is 17.2 Å². The van der Waals surface area contributed by atoms with Gasteiger partial charge in [-0.15, -0.1) is 11.3 Å². The summed E-state index contributed by atoms with van der Waals surface area (Å²) in [6.07, 6.45) is 1.15. The lowest BCUT2D eigenvalue weighted by Crippen LogP contribution is -2.38. The minimum atomic E-state index is -0.294. The highest BCUT2D eigenvalue weighted by atomic mass is 32.1. The molecule has 1 aromatic rings. The van der Waals surface area contributed by atoms with Crippen molar-refractivity contribution in [2.75, 3.05) is 20.3 Å². The number of hydrogen-bond donors (Lipinski definition) is 1. The molecule has 1 aliphatic heterocycles. The zero-order valence-corrected chi connectivity index (χ0v) is 13.3. The van der Waals surface area contributed by atoms with Crippen LogP contribution in [0.5, 0.6) is 0 Å². The number of carbonyl (C=O) groups excluding carboxylic acids is 1. The Balaban J connectivity index is 1.92. The Morgan fingerprint density at radius 1 is 1.62 bits per heavy atom. The van der Waals surface area contributed by atoms with Crippen LogP contribution in [0.2, 0.25) is 0 Å². The molecule has 2 heterocycles. The predicted octanol–water partition coefficient (Wildman–Crippen LogP) is 1.87. The first kappa shape index (κ1) is 16.0. The first-order chi connectivity index (χ1) is 10.1. The van der Waals surface area contributed by atoms with Gasteiger partial charge < -0.3 is 14.7 Å². The second-order valence-corrected chi connectivity index (χ2v) is 6.26. The van der Waals surface area contributed by atoms with Crippen molar-refractivity contribution in [1.29, 1.82) is 0 Å². The number of carbonyl (C=O) groups is 1. The summed E-state index contributed by atoms with van der Waals surface area (Å²) in [6, 6.07) is 2.00. The first-order valence-corrected chi connectivity index (χ1v) is 8.03. The van der Waals surface area contributed by atoms with Crippen LogP contribution < -0.4 is 0 Å². The molecule has 0 saturated carbocycles. The molecule has 0 aromatic carbocycles. The van der Waals surface area contributed by atoms with E-state index >= 15 is 0 Å². The zero-order valence-electron chi connectivity index (χ0n) is 12.5. The molecule has 4 nitrogen and oxygen atoms in total. The van der Waals surface area contributed by atoms with E-state index in [0.29, 0.717) is 25.5 Å². The highest BCUT2D eigenvalue weighted by molar-refractivity contribution is 7.10. The van der Waals surface area contributed by atoms with Crippen molar-refractivity contribution in [3.63, 3.8) is 0 Å². The quantitative estimate of drug-likeness (QED) is 0.864. The maximum Gasteiger partial charge on any atom is 0.252 e. The molecule has 1 fully saturated rings. The number of likely N-dealkylation sites (N-methyl/N-ethyl adjacent to an activating group) is 1. The summed E-state index contributed by atoms with van der Waals surface area (Å²) in [5.74, 6) is 6.26. The van der Waals surface area contributed by atoms with Gasteiger partial charge in [0.25, 0.3) is 5.91 Å². The van der Waals surface area contributed by atoms with E-state index in [4.69, 9.17) is 9.84 Å². The number of aliphatic hydroxyl groups excluding tert-OH is 1. The van der Waals surface area contributed by atoms with Crippen LogP contribution >= 0.6 is 11.3 Å². The maximum absolute atomic E-state index is 12.3. The fraction of sp³-hybridized carbons (Fsp3) is 0.562. The number of amides is 1. The van der Waals surface area contributed by atoms with Gasteiger partial charge in [0.2, 0.25) is 0 Å². The first-order valence-electron chi connectivity index (χ1n) is 7.15. The number of nitrogens with zero attached hydrogens (tertiary/aromatic N) is 1. The Morgan fingerprint density at radius 2 is 2.43 bits per heavy atom. The minimum Gasteiger partial charge on any atom is -0.395 e. The fourth-order valence-corrected chi connectivity index (χ4v) is 3.08. The third-order valence-corrected chi connectivity index (χ3v) is 4.42. The molecule has 0 aliphatic carbocycles. The summed E-state index contributed by atoms with van der Waals surface area (Å²) in [5.41, 5.74) is 1.08. The lowest BCUT2D eigenvalue weighted by atomic mass is 10.0. The highest BCUT2D eigenvalue weighted by Crippen LogP contribution is 2.23. The van der Waals surface area contributed by atoms with Gasteiger partial charge in [-0.3, -0.25) is 4.79 Å². The molecule has 0 bridgehead atoms. The summed E-state index contributed by atoms with van der Waals surface area (Å²) in [5, 5.41) is 10.7. The van der Waals surface area contributed by atoms with Gasteiger partial charge in [0.1, 0.15) is 6.10 Å². The molecule has 1 N–H and O–H groups in total. The SMILES string of the molecule is CC1CCOC1C(=O)N(C)Cc1csc(C#CCCO)c1. The van der Waals surface area contributed by atoms with Crippen LogP contribution in [0.25, 0.3) is 0 Å². The van der Waals surface area contributed by atoms with E-state index in [9.17, 15) is 4.79 Å². The maximum atomic E-state index is 12.3. The molecule has 1 amide bonds. The van der Waals surface area contributed by atoms with Crippen LogP contribution in [0.1, 0.15) is 30.2 Å². The number of thiophene rings is 1. The van der Waals surface area contributed by atoms with Gasteiger partial charge in [0.05, 0.1) is 11.5 Å². The van der Waals surface area contributed by atoms with E-state index in [-0.39, 0.29) is 18.6 Å². The van der Waals surface area contributed by atoms with E-state index in [1.165, 1.54) is 0 Å². The largest absolute Gasteiger partial charge is 0.395 e. The summed E-state index contributed by atoms with van der Waals surface area (Å²) < 4.78 is 5.52. The van der Waals surface area contributed by atoms with Crippen LogP contribution in [0.4, 0.5) is 0 Å². The van der Waals surface area contributed by atoms with Crippen molar-refractivity contribution in [2.24, 2.45) is 5.92 Å². The molecule has 2 atom stereocenters. The van der Waals surface area contributed by atoms with Crippen molar-refractivity contribution in [3.05, 3.63) is 21.9 Å². The van der Waals surface area contributed by atoms with E-state index in [2.05, 4.69) is 18.8 Å². The van der Waals surface area contributed by atoms with Crippen LogP contribution in [-0.2, 0) is 16.1 Å². The molecule has 2 unspecified atom stereocenters.